The zero-order chi connectivity index (χ0) is 19.6. The number of amides is 1. The zero-order valence-electron chi connectivity index (χ0n) is 17.0. The van der Waals surface area contributed by atoms with Crippen LogP contribution in [0.3, 0.4) is 0 Å². The van der Waals surface area contributed by atoms with Crippen molar-refractivity contribution >= 4 is 18.3 Å². The molecule has 2 heterocycles. The van der Waals surface area contributed by atoms with E-state index in [1.807, 2.05) is 33.9 Å². The molecule has 8 nitrogen and oxygen atoms in total. The van der Waals surface area contributed by atoms with Gasteiger partial charge < -0.3 is 24.4 Å². The molecular weight excluding hydrogens is 348 g/mol. The number of hydrogen-bond acceptors (Lipinski definition) is 7. The van der Waals surface area contributed by atoms with Gasteiger partial charge in [0, 0.05) is 63.4 Å². The minimum absolute atomic E-state index is 0.0966. The highest BCUT2D eigenvalue weighted by atomic mass is 16.7. The fourth-order valence-corrected chi connectivity index (χ4v) is 3.79. The van der Waals surface area contributed by atoms with Gasteiger partial charge in [-0.25, -0.2) is 9.79 Å². The number of fused-ring (bicyclic) bond motifs is 1. The van der Waals surface area contributed by atoms with Gasteiger partial charge in [-0.3, -0.25) is 4.99 Å². The Kier molecular flexibility index (Phi) is 6.05. The summed E-state index contributed by atoms with van der Waals surface area (Å²) in [5, 5.41) is 3.44. The van der Waals surface area contributed by atoms with Gasteiger partial charge in [0.25, 0.3) is 0 Å². The van der Waals surface area contributed by atoms with E-state index in [4.69, 9.17) is 14.2 Å². The van der Waals surface area contributed by atoms with E-state index >= 15 is 0 Å². The second-order valence-electron chi connectivity index (χ2n) is 8.38. The molecule has 1 saturated heterocycles. The van der Waals surface area contributed by atoms with E-state index in [1.54, 1.807) is 12.0 Å². The monoisotopic (exact) mass is 380 g/mol. The van der Waals surface area contributed by atoms with Crippen LogP contribution in [0.4, 0.5) is 4.79 Å². The molecule has 3 aliphatic rings. The largest absolute Gasteiger partial charge is 0.444 e. The summed E-state index contributed by atoms with van der Waals surface area (Å²) in [5.74, 6) is 1.67. The van der Waals surface area contributed by atoms with Crippen molar-refractivity contribution in [3.8, 4) is 0 Å². The molecule has 0 spiro atoms. The van der Waals surface area contributed by atoms with E-state index in [2.05, 4.69) is 15.3 Å². The highest BCUT2D eigenvalue weighted by Crippen LogP contribution is 2.45. The second kappa shape index (κ2) is 8.14. The van der Waals surface area contributed by atoms with Gasteiger partial charge >= 0.3 is 6.09 Å². The van der Waals surface area contributed by atoms with E-state index < -0.39 is 5.60 Å². The predicted octanol–water partition coefficient (Wildman–Crippen LogP) is 1.90. The number of piperidine rings is 1. The van der Waals surface area contributed by atoms with E-state index in [-0.39, 0.29) is 18.3 Å². The van der Waals surface area contributed by atoms with Crippen molar-refractivity contribution in [2.45, 2.75) is 52.0 Å². The maximum atomic E-state index is 12.2. The quantitative estimate of drug-likeness (QED) is 0.737. The molecule has 8 heteroatoms. The molecule has 0 bridgehead atoms. The number of guanidine groups is 1. The third-order valence-electron chi connectivity index (χ3n) is 5.17. The lowest BCUT2D eigenvalue weighted by atomic mass is 10.1. The molecule has 0 aromatic heterocycles. The van der Waals surface area contributed by atoms with Crippen molar-refractivity contribution in [3.63, 3.8) is 0 Å². The van der Waals surface area contributed by atoms with Gasteiger partial charge in [-0.05, 0) is 34.1 Å². The minimum atomic E-state index is -0.455. The Hall–Kier alpha value is -1.67. The first-order valence-electron chi connectivity index (χ1n) is 9.80. The number of likely N-dealkylation sites (tertiary alicyclic amines) is 1. The molecule has 0 aromatic rings. The molecule has 2 fully saturated rings. The van der Waals surface area contributed by atoms with Crippen LogP contribution in [0, 0.1) is 17.8 Å². The summed E-state index contributed by atoms with van der Waals surface area (Å²) < 4.78 is 16.5. The van der Waals surface area contributed by atoms with Crippen molar-refractivity contribution in [2.24, 2.45) is 27.7 Å². The number of aliphatic imine (C=N–C) groups is 2. The van der Waals surface area contributed by atoms with E-state index in [1.165, 1.54) is 0 Å². The standard InChI is InChI=1S/C19H32N4O4/c1-6-26-16(25-5)12-7-8-20-17(21-9-12)22-15-13-10-23(11-14(13)15)18(24)27-19(2,3)4/h9,12-16H,6-8,10-11H2,1-5H3,(H,20,22). The van der Waals surface area contributed by atoms with Crippen molar-refractivity contribution < 1.29 is 19.0 Å². The lowest BCUT2D eigenvalue weighted by molar-refractivity contribution is -0.138. The number of carbonyl (C=O) groups excluding carboxylic acids is 1. The summed E-state index contributed by atoms with van der Waals surface area (Å²) in [5.41, 5.74) is -0.455. The summed E-state index contributed by atoms with van der Waals surface area (Å²) >= 11 is 0. The predicted molar refractivity (Wildman–Crippen MR) is 103 cm³/mol. The number of rotatable bonds is 5. The van der Waals surface area contributed by atoms with Gasteiger partial charge in [-0.1, -0.05) is 0 Å². The molecule has 3 rings (SSSR count). The molecular formula is C19H32N4O4. The average molecular weight is 380 g/mol. The number of ether oxygens (including phenoxy) is 3. The van der Waals surface area contributed by atoms with Gasteiger partial charge in [-0.2, -0.15) is 0 Å². The van der Waals surface area contributed by atoms with Gasteiger partial charge in [0.15, 0.2) is 6.29 Å². The van der Waals surface area contributed by atoms with Crippen molar-refractivity contribution in [2.75, 3.05) is 33.4 Å². The zero-order valence-corrected chi connectivity index (χ0v) is 17.0. The minimum Gasteiger partial charge on any atom is -0.444 e. The first-order valence-corrected chi connectivity index (χ1v) is 9.80. The van der Waals surface area contributed by atoms with Crippen LogP contribution in [0.1, 0.15) is 34.1 Å². The Bertz CT molecular complexity index is 589. The van der Waals surface area contributed by atoms with E-state index in [0.717, 1.165) is 19.5 Å². The number of carbonyl (C=O) groups is 1. The topological polar surface area (TPSA) is 84.8 Å². The fourth-order valence-electron chi connectivity index (χ4n) is 3.79. The summed E-state index contributed by atoms with van der Waals surface area (Å²) in [6, 6.07) is 0.334. The van der Waals surface area contributed by atoms with Crippen molar-refractivity contribution in [1.29, 1.82) is 0 Å². The Labute approximate surface area is 161 Å². The van der Waals surface area contributed by atoms with Crippen LogP contribution in [0.2, 0.25) is 0 Å². The number of methoxy groups -OCH3 is 1. The molecule has 1 amide bonds. The van der Waals surface area contributed by atoms with Crippen molar-refractivity contribution in [3.05, 3.63) is 0 Å². The smallest absolute Gasteiger partial charge is 0.410 e. The second-order valence-corrected chi connectivity index (χ2v) is 8.38. The first-order chi connectivity index (χ1) is 12.8. The van der Waals surface area contributed by atoms with Gasteiger partial charge in [-0.15, -0.1) is 0 Å². The third-order valence-corrected chi connectivity index (χ3v) is 5.17. The molecule has 152 valence electrons. The molecule has 2 aliphatic heterocycles. The lowest BCUT2D eigenvalue weighted by Crippen LogP contribution is -2.40. The Morgan fingerprint density at radius 3 is 2.67 bits per heavy atom. The molecule has 1 saturated carbocycles. The summed E-state index contributed by atoms with van der Waals surface area (Å²) in [6.45, 7) is 10.4. The van der Waals surface area contributed by atoms with Crippen LogP contribution < -0.4 is 5.32 Å². The van der Waals surface area contributed by atoms with Crippen LogP contribution in [-0.4, -0.2) is 74.5 Å². The van der Waals surface area contributed by atoms with Crippen LogP contribution in [-0.2, 0) is 14.2 Å². The Balaban J connectivity index is 1.47. The van der Waals surface area contributed by atoms with Crippen molar-refractivity contribution in [1.82, 2.24) is 10.2 Å². The molecule has 4 atom stereocenters. The Morgan fingerprint density at radius 1 is 1.37 bits per heavy atom. The molecule has 1 aliphatic carbocycles. The first kappa shape index (κ1) is 20.1. The van der Waals surface area contributed by atoms with Crippen LogP contribution in [0.15, 0.2) is 9.98 Å². The lowest BCUT2D eigenvalue weighted by Gasteiger charge is -2.26. The summed E-state index contributed by atoms with van der Waals surface area (Å²) in [7, 11) is 1.65. The maximum Gasteiger partial charge on any atom is 0.410 e. The number of nitrogens with zero attached hydrogens (tertiary/aromatic N) is 3. The van der Waals surface area contributed by atoms with Gasteiger partial charge in [0.2, 0.25) is 5.96 Å². The normalized spacial score (nSPS) is 31.0. The Morgan fingerprint density at radius 2 is 2.07 bits per heavy atom. The maximum absolute atomic E-state index is 12.2. The van der Waals surface area contributed by atoms with Crippen LogP contribution >= 0.6 is 0 Å². The fraction of sp³-hybridized carbons (Fsp3) is 0.842. The molecule has 4 unspecified atom stereocenters. The molecule has 0 aromatic carbocycles. The summed E-state index contributed by atoms with van der Waals surface area (Å²) in [4.78, 5) is 23.0. The SMILES string of the molecule is CCOC(OC)C1C=NC(NC2C3CN(C(=O)OC(C)(C)C)CC32)=NCC1. The number of hydrogen-bond donors (Lipinski definition) is 1. The summed E-state index contributed by atoms with van der Waals surface area (Å²) in [6.07, 6.45) is 2.23. The number of nitrogens with one attached hydrogen (secondary N) is 1. The van der Waals surface area contributed by atoms with Gasteiger partial charge in [0.1, 0.15) is 5.60 Å². The third kappa shape index (κ3) is 4.99. The molecule has 27 heavy (non-hydrogen) atoms. The molecule has 0 radical (unpaired) electrons. The molecule has 1 N–H and O–H groups in total. The highest BCUT2D eigenvalue weighted by Gasteiger charge is 2.57. The highest BCUT2D eigenvalue weighted by molar-refractivity contribution is 5.89. The van der Waals surface area contributed by atoms with Crippen LogP contribution in [0.5, 0.6) is 0 Å². The van der Waals surface area contributed by atoms with E-state index in [9.17, 15) is 4.79 Å². The average Bonchev–Trinajstić information content (AvgIpc) is 3.12. The van der Waals surface area contributed by atoms with E-state index in [0.29, 0.717) is 37.0 Å². The van der Waals surface area contributed by atoms with Gasteiger partial charge in [0.05, 0.1) is 0 Å². The van der Waals surface area contributed by atoms with Crippen LogP contribution in [0.25, 0.3) is 0 Å².